The van der Waals surface area contributed by atoms with E-state index < -0.39 is 23.5 Å². The van der Waals surface area contributed by atoms with E-state index in [1.807, 2.05) is 95.8 Å². The number of hydrogen-bond donors (Lipinski definition) is 0. The van der Waals surface area contributed by atoms with Crippen molar-refractivity contribution in [2.75, 3.05) is 14.2 Å². The monoisotopic (exact) mass is 812 g/mol. The van der Waals surface area contributed by atoms with Crippen LogP contribution in [0.2, 0.25) is 0 Å². The molecule has 0 saturated carbocycles. The second-order valence-electron chi connectivity index (χ2n) is 15.4. The van der Waals surface area contributed by atoms with Gasteiger partial charge in [-0.05, 0) is 147 Å². The Balaban J connectivity index is 1.31. The van der Waals surface area contributed by atoms with Crippen molar-refractivity contribution in [3.05, 3.63) is 155 Å². The zero-order valence-electron chi connectivity index (χ0n) is 33.5. The van der Waals surface area contributed by atoms with Crippen molar-refractivity contribution in [1.82, 2.24) is 9.13 Å². The molecule has 2 heterocycles. The highest BCUT2D eigenvalue weighted by Gasteiger charge is 2.34. The first-order chi connectivity index (χ1) is 28.5. The van der Waals surface area contributed by atoms with E-state index in [1.165, 1.54) is 12.1 Å². The molecule has 4 nitrogen and oxygen atoms in total. The molecule has 0 bridgehead atoms. The topological polar surface area (TPSA) is 28.3 Å². The van der Waals surface area contributed by atoms with E-state index in [2.05, 4.69) is 0 Å². The molecule has 0 unspecified atom stereocenters. The third kappa shape index (κ3) is 6.33. The Kier molecular flexibility index (Phi) is 9.04. The third-order valence-electron chi connectivity index (χ3n) is 11.5. The minimum Gasteiger partial charge on any atom is -0.497 e. The van der Waals surface area contributed by atoms with Gasteiger partial charge in [-0.3, -0.25) is 0 Å². The maximum absolute atomic E-state index is 14.5. The summed E-state index contributed by atoms with van der Waals surface area (Å²) < 4.78 is 102. The fourth-order valence-electron chi connectivity index (χ4n) is 8.65. The Morgan fingerprint density at radius 2 is 0.733 bits per heavy atom. The summed E-state index contributed by atoms with van der Waals surface area (Å²) in [6, 6.07) is 34.3. The van der Waals surface area contributed by atoms with Gasteiger partial charge >= 0.3 is 12.4 Å². The van der Waals surface area contributed by atoms with Crippen LogP contribution in [0.25, 0.3) is 77.2 Å². The molecular weight excluding hydrogens is 775 g/mol. The predicted octanol–water partition coefficient (Wildman–Crippen LogP) is 14.5. The highest BCUT2D eigenvalue weighted by molar-refractivity contribution is 6.12. The van der Waals surface area contributed by atoms with E-state index in [9.17, 15) is 26.3 Å². The zero-order chi connectivity index (χ0) is 42.4. The maximum atomic E-state index is 14.5. The predicted molar refractivity (Wildman–Crippen MR) is 228 cm³/mol. The second-order valence-corrected chi connectivity index (χ2v) is 15.4. The van der Waals surface area contributed by atoms with Gasteiger partial charge in [0.25, 0.3) is 0 Å². The van der Waals surface area contributed by atoms with Crippen molar-refractivity contribution in [2.45, 2.75) is 40.0 Å². The SMILES string of the molecule is COc1ccc2c(c1)c1cc(C)ccc1n2-c1ccc(C(F)(F)F)cc1-c1cc(C)c(-c2cc(C(F)(F)F)ccc2-n2c3ccc(C)cc3c3cc(OC)ccc32)cc1C. The molecule has 0 radical (unpaired) electrons. The molecule has 9 aromatic rings. The Morgan fingerprint density at radius 1 is 0.383 bits per heavy atom. The van der Waals surface area contributed by atoms with Crippen molar-refractivity contribution in [3.63, 3.8) is 0 Å². The Morgan fingerprint density at radius 3 is 1.08 bits per heavy atom. The van der Waals surface area contributed by atoms with Crippen LogP contribution in [-0.4, -0.2) is 23.4 Å². The summed E-state index contributed by atoms with van der Waals surface area (Å²) >= 11 is 0. The van der Waals surface area contributed by atoms with Crippen molar-refractivity contribution in [3.8, 4) is 45.1 Å². The molecule has 9 rings (SSSR count). The minimum absolute atomic E-state index is 0.322. The average molecular weight is 813 g/mol. The lowest BCUT2D eigenvalue weighted by Crippen LogP contribution is -2.08. The smallest absolute Gasteiger partial charge is 0.416 e. The van der Waals surface area contributed by atoms with Gasteiger partial charge in [0.15, 0.2) is 0 Å². The molecule has 7 aromatic carbocycles. The van der Waals surface area contributed by atoms with Gasteiger partial charge in [-0.2, -0.15) is 26.3 Å². The van der Waals surface area contributed by atoms with Gasteiger partial charge in [-0.15, -0.1) is 0 Å². The maximum Gasteiger partial charge on any atom is 0.416 e. The highest BCUT2D eigenvalue weighted by atomic mass is 19.4. The zero-order valence-corrected chi connectivity index (χ0v) is 33.5. The van der Waals surface area contributed by atoms with Crippen LogP contribution < -0.4 is 9.47 Å². The molecule has 302 valence electrons. The normalized spacial score (nSPS) is 12.3. The largest absolute Gasteiger partial charge is 0.497 e. The van der Waals surface area contributed by atoms with Crippen LogP contribution in [0.4, 0.5) is 26.3 Å². The molecule has 0 aliphatic carbocycles. The highest BCUT2D eigenvalue weighted by Crippen LogP contribution is 2.45. The number of aryl methyl sites for hydroxylation is 4. The summed E-state index contributed by atoms with van der Waals surface area (Å²) in [5.74, 6) is 1.28. The van der Waals surface area contributed by atoms with E-state index in [0.717, 1.165) is 79.0 Å². The number of nitrogens with zero attached hydrogens (tertiary/aromatic N) is 2. The molecule has 10 heteroatoms. The molecule has 0 saturated heterocycles. The summed E-state index contributed by atoms with van der Waals surface area (Å²) in [4.78, 5) is 0. The van der Waals surface area contributed by atoms with E-state index in [1.54, 1.807) is 40.2 Å². The lowest BCUT2D eigenvalue weighted by atomic mass is 9.89. The quantitative estimate of drug-likeness (QED) is 0.156. The van der Waals surface area contributed by atoms with Crippen LogP contribution in [0.1, 0.15) is 33.4 Å². The van der Waals surface area contributed by atoms with Gasteiger partial charge in [0.2, 0.25) is 0 Å². The second kappa shape index (κ2) is 14.0. The van der Waals surface area contributed by atoms with Crippen LogP contribution in [0.5, 0.6) is 11.5 Å². The number of hydrogen-bond acceptors (Lipinski definition) is 2. The van der Waals surface area contributed by atoms with E-state index in [-0.39, 0.29) is 0 Å². The summed E-state index contributed by atoms with van der Waals surface area (Å²) in [5, 5.41) is 3.57. The van der Waals surface area contributed by atoms with Gasteiger partial charge in [-0.1, -0.05) is 35.4 Å². The van der Waals surface area contributed by atoms with E-state index in [0.29, 0.717) is 56.3 Å². The number of ether oxygens (including phenoxy) is 2. The average Bonchev–Trinajstić information content (AvgIpc) is 3.71. The molecule has 0 aliphatic rings. The lowest BCUT2D eigenvalue weighted by molar-refractivity contribution is -0.138. The molecule has 0 fully saturated rings. The van der Waals surface area contributed by atoms with Crippen LogP contribution in [-0.2, 0) is 12.4 Å². The Labute approximate surface area is 341 Å². The fraction of sp³-hybridized carbons (Fsp3) is 0.160. The summed E-state index contributed by atoms with van der Waals surface area (Å²) in [6.07, 6.45) is -9.28. The standard InChI is InChI=1S/C50H38F6N2O2/c1-27-7-13-43-37(19-27)41-25-33(59-5)11-17-47(41)57(43)45-15-9-31(49(51,52)53)23-39(45)35-21-30(4)36(22-29(35)3)40-24-32(50(54,55)56)10-16-46(40)58-44-14-8-28(2)20-38(44)42-26-34(60-6)12-18-48(42)58/h7-26H,1-6H3. The van der Waals surface area contributed by atoms with Crippen molar-refractivity contribution in [1.29, 1.82) is 0 Å². The number of benzene rings is 7. The minimum atomic E-state index is -4.64. The molecule has 2 aromatic heterocycles. The first-order valence-corrected chi connectivity index (χ1v) is 19.3. The summed E-state index contributed by atoms with van der Waals surface area (Å²) in [7, 11) is 3.16. The Hall–Kier alpha value is -6.68. The lowest BCUT2D eigenvalue weighted by Gasteiger charge is -2.21. The van der Waals surface area contributed by atoms with Crippen LogP contribution >= 0.6 is 0 Å². The van der Waals surface area contributed by atoms with Crippen molar-refractivity contribution >= 4 is 43.6 Å². The summed E-state index contributed by atoms with van der Waals surface area (Å²) in [6.45, 7) is 7.53. The molecular formula is C50H38F6N2O2. The molecule has 0 N–H and O–H groups in total. The number of fused-ring (bicyclic) bond motifs is 6. The first-order valence-electron chi connectivity index (χ1n) is 19.3. The van der Waals surface area contributed by atoms with Gasteiger partial charge in [0.05, 0.1) is 58.8 Å². The number of halogens is 6. The molecule has 0 aliphatic heterocycles. The van der Waals surface area contributed by atoms with Crippen molar-refractivity contribution in [2.24, 2.45) is 0 Å². The van der Waals surface area contributed by atoms with Gasteiger partial charge < -0.3 is 18.6 Å². The van der Waals surface area contributed by atoms with Gasteiger partial charge in [0.1, 0.15) is 11.5 Å². The third-order valence-corrected chi connectivity index (χ3v) is 11.5. The van der Waals surface area contributed by atoms with Gasteiger partial charge in [-0.25, -0.2) is 0 Å². The van der Waals surface area contributed by atoms with Crippen molar-refractivity contribution < 1.29 is 35.8 Å². The molecule has 0 amide bonds. The molecule has 60 heavy (non-hydrogen) atoms. The number of methoxy groups -OCH3 is 2. The van der Waals surface area contributed by atoms with E-state index in [4.69, 9.17) is 9.47 Å². The first kappa shape index (κ1) is 38.8. The number of rotatable bonds is 6. The van der Waals surface area contributed by atoms with Crippen LogP contribution in [0, 0.1) is 27.7 Å². The number of alkyl halides is 6. The molecule has 0 spiro atoms. The summed E-state index contributed by atoms with van der Waals surface area (Å²) in [5.41, 5.74) is 7.41. The van der Waals surface area contributed by atoms with Gasteiger partial charge in [0, 0.05) is 32.7 Å². The van der Waals surface area contributed by atoms with Crippen LogP contribution in [0.15, 0.2) is 121 Å². The molecule has 0 atom stereocenters. The van der Waals surface area contributed by atoms with E-state index >= 15 is 0 Å². The fourth-order valence-corrected chi connectivity index (χ4v) is 8.65. The Bertz CT molecular complexity index is 2990. The number of aromatic nitrogens is 2. The van der Waals surface area contributed by atoms with Crippen LogP contribution in [0.3, 0.4) is 0 Å².